The zero-order valence-electron chi connectivity index (χ0n) is 11.9. The Hall–Kier alpha value is -0.160. The van der Waals surface area contributed by atoms with Crippen LogP contribution < -0.4 is 0 Å². The second-order valence-corrected chi connectivity index (χ2v) is 5.66. The first-order valence-corrected chi connectivity index (χ1v) is 6.48. The summed E-state index contributed by atoms with van der Waals surface area (Å²) in [6, 6.07) is 0.100. The first-order valence-electron chi connectivity index (χ1n) is 6.48. The highest BCUT2D eigenvalue weighted by atomic mass is 16.7. The number of rotatable bonds is 4. The molecule has 4 nitrogen and oxygen atoms in total. The van der Waals surface area contributed by atoms with Crippen LogP contribution >= 0.6 is 0 Å². The molecule has 1 heterocycles. The van der Waals surface area contributed by atoms with Gasteiger partial charge >= 0.3 is 0 Å². The van der Waals surface area contributed by atoms with E-state index in [9.17, 15) is 5.11 Å². The number of aliphatic hydroxyl groups is 1. The summed E-state index contributed by atoms with van der Waals surface area (Å²) in [6.45, 7) is 8.25. The van der Waals surface area contributed by atoms with Gasteiger partial charge in [-0.2, -0.15) is 0 Å². The highest BCUT2D eigenvalue weighted by Gasteiger charge is 2.38. The van der Waals surface area contributed by atoms with Crippen LogP contribution in [0.15, 0.2) is 0 Å². The molecule has 0 bridgehead atoms. The van der Waals surface area contributed by atoms with Crippen LogP contribution in [0, 0.1) is 5.92 Å². The second-order valence-electron chi connectivity index (χ2n) is 5.66. The maximum atomic E-state index is 10.3. The van der Waals surface area contributed by atoms with Crippen LogP contribution in [0.3, 0.4) is 0 Å². The zero-order valence-corrected chi connectivity index (χ0v) is 11.9. The number of likely N-dealkylation sites (N-methyl/N-ethyl adjacent to an activating group) is 1. The molecule has 4 heteroatoms. The van der Waals surface area contributed by atoms with E-state index in [0.717, 1.165) is 6.42 Å². The fraction of sp³-hybridized carbons (Fsp3) is 1.00. The molecule has 17 heavy (non-hydrogen) atoms. The monoisotopic (exact) mass is 245 g/mol. The van der Waals surface area contributed by atoms with Gasteiger partial charge in [0, 0.05) is 6.04 Å². The lowest BCUT2D eigenvalue weighted by molar-refractivity contribution is -0.269. The highest BCUT2D eigenvalue weighted by molar-refractivity contribution is 4.85. The summed E-state index contributed by atoms with van der Waals surface area (Å²) in [5.41, 5.74) is 0. The van der Waals surface area contributed by atoms with E-state index in [-0.39, 0.29) is 18.2 Å². The van der Waals surface area contributed by atoms with Crippen molar-refractivity contribution in [2.45, 2.75) is 64.8 Å². The second kappa shape index (κ2) is 6.14. The van der Waals surface area contributed by atoms with Crippen LogP contribution in [0.25, 0.3) is 0 Å². The Kier molecular flexibility index (Phi) is 5.38. The standard InChI is InChI=1S/C13H27NO3/c1-8(2)10(4)17-13-12(15)11(14(5)6)7-9(3)16-13/h8-13,15H,7H2,1-6H3/t9-,10-,11+,12-,13+/m1/s1. The van der Waals surface area contributed by atoms with Crippen molar-refractivity contribution in [1.29, 1.82) is 0 Å². The molecule has 5 atom stereocenters. The molecular formula is C13H27NO3. The van der Waals surface area contributed by atoms with Gasteiger partial charge in [0.15, 0.2) is 6.29 Å². The Morgan fingerprint density at radius 3 is 2.35 bits per heavy atom. The SMILES string of the molecule is CC(C)[C@@H](C)O[C@@H]1O[C@H](C)C[C@H](N(C)C)[C@H]1O. The van der Waals surface area contributed by atoms with Crippen molar-refractivity contribution in [3.05, 3.63) is 0 Å². The Labute approximate surface area is 105 Å². The smallest absolute Gasteiger partial charge is 0.185 e. The van der Waals surface area contributed by atoms with Gasteiger partial charge in [-0.3, -0.25) is 0 Å². The van der Waals surface area contributed by atoms with Gasteiger partial charge in [-0.25, -0.2) is 0 Å². The van der Waals surface area contributed by atoms with Crippen LogP contribution in [0.4, 0.5) is 0 Å². The Morgan fingerprint density at radius 2 is 1.88 bits per heavy atom. The minimum Gasteiger partial charge on any atom is -0.386 e. The van der Waals surface area contributed by atoms with E-state index in [2.05, 4.69) is 13.8 Å². The quantitative estimate of drug-likeness (QED) is 0.814. The van der Waals surface area contributed by atoms with E-state index >= 15 is 0 Å². The molecule has 1 saturated heterocycles. The molecule has 0 aliphatic carbocycles. The third-order valence-electron chi connectivity index (χ3n) is 3.56. The van der Waals surface area contributed by atoms with Crippen molar-refractivity contribution in [3.63, 3.8) is 0 Å². The number of ether oxygens (including phenoxy) is 2. The molecule has 1 aliphatic heterocycles. The van der Waals surface area contributed by atoms with Crippen LogP contribution in [-0.2, 0) is 9.47 Å². The van der Waals surface area contributed by atoms with Gasteiger partial charge in [-0.15, -0.1) is 0 Å². The predicted octanol–water partition coefficient (Wildman–Crippen LogP) is 1.47. The first kappa shape index (κ1) is 14.9. The third-order valence-corrected chi connectivity index (χ3v) is 3.56. The van der Waals surface area contributed by atoms with Crippen LogP contribution in [-0.4, -0.2) is 54.7 Å². The average molecular weight is 245 g/mol. The number of aliphatic hydroxyl groups excluding tert-OH is 1. The van der Waals surface area contributed by atoms with E-state index in [1.165, 1.54) is 0 Å². The average Bonchev–Trinajstić information content (AvgIpc) is 2.22. The molecule has 0 aromatic heterocycles. The lowest BCUT2D eigenvalue weighted by Crippen LogP contribution is -2.55. The van der Waals surface area contributed by atoms with Crippen LogP contribution in [0.2, 0.25) is 0 Å². The molecule has 0 amide bonds. The molecule has 0 radical (unpaired) electrons. The van der Waals surface area contributed by atoms with Gasteiger partial charge in [0.05, 0.1) is 12.2 Å². The molecule has 1 N–H and O–H groups in total. The third kappa shape index (κ3) is 3.91. The summed E-state index contributed by atoms with van der Waals surface area (Å²) >= 11 is 0. The Morgan fingerprint density at radius 1 is 1.29 bits per heavy atom. The van der Waals surface area contributed by atoms with E-state index < -0.39 is 12.4 Å². The van der Waals surface area contributed by atoms with Crippen molar-refractivity contribution < 1.29 is 14.6 Å². The summed E-state index contributed by atoms with van der Waals surface area (Å²) in [5, 5.41) is 10.3. The van der Waals surface area contributed by atoms with Gasteiger partial charge in [-0.1, -0.05) is 13.8 Å². The van der Waals surface area contributed by atoms with Crippen molar-refractivity contribution in [1.82, 2.24) is 4.90 Å². The lowest BCUT2D eigenvalue weighted by Gasteiger charge is -2.42. The molecule has 1 fully saturated rings. The molecule has 0 aromatic rings. The fourth-order valence-electron chi connectivity index (χ4n) is 2.02. The van der Waals surface area contributed by atoms with E-state index in [4.69, 9.17) is 9.47 Å². The highest BCUT2D eigenvalue weighted by Crippen LogP contribution is 2.25. The Balaban J connectivity index is 2.64. The van der Waals surface area contributed by atoms with Gasteiger partial charge in [-0.05, 0) is 40.3 Å². The van der Waals surface area contributed by atoms with Gasteiger partial charge in [0.25, 0.3) is 0 Å². The van der Waals surface area contributed by atoms with Crippen molar-refractivity contribution in [2.75, 3.05) is 14.1 Å². The van der Waals surface area contributed by atoms with Crippen molar-refractivity contribution in [2.24, 2.45) is 5.92 Å². The Bertz CT molecular complexity index is 233. The molecule has 0 saturated carbocycles. The lowest BCUT2D eigenvalue weighted by atomic mass is 9.99. The fourth-order valence-corrected chi connectivity index (χ4v) is 2.02. The van der Waals surface area contributed by atoms with E-state index in [1.807, 2.05) is 32.8 Å². The minimum absolute atomic E-state index is 0.0859. The van der Waals surface area contributed by atoms with Crippen molar-refractivity contribution >= 4 is 0 Å². The van der Waals surface area contributed by atoms with Gasteiger partial charge in [0.1, 0.15) is 6.10 Å². The molecule has 1 aliphatic rings. The summed E-state index contributed by atoms with van der Waals surface area (Å²) < 4.78 is 11.5. The molecule has 0 aromatic carbocycles. The first-order chi connectivity index (χ1) is 7.82. The summed E-state index contributed by atoms with van der Waals surface area (Å²) in [7, 11) is 3.96. The molecular weight excluding hydrogens is 218 g/mol. The largest absolute Gasteiger partial charge is 0.386 e. The van der Waals surface area contributed by atoms with E-state index in [0.29, 0.717) is 5.92 Å². The normalized spacial score (nSPS) is 36.5. The summed E-state index contributed by atoms with van der Waals surface area (Å²) in [5.74, 6) is 0.417. The van der Waals surface area contributed by atoms with Gasteiger partial charge in [0.2, 0.25) is 0 Å². The minimum atomic E-state index is -0.581. The number of nitrogens with zero attached hydrogens (tertiary/aromatic N) is 1. The zero-order chi connectivity index (χ0) is 13.2. The van der Waals surface area contributed by atoms with Crippen LogP contribution in [0.1, 0.15) is 34.1 Å². The molecule has 0 spiro atoms. The van der Waals surface area contributed by atoms with Crippen molar-refractivity contribution in [3.8, 4) is 0 Å². The number of hydrogen-bond acceptors (Lipinski definition) is 4. The van der Waals surface area contributed by atoms with Gasteiger partial charge < -0.3 is 19.5 Å². The summed E-state index contributed by atoms with van der Waals surface area (Å²) in [4.78, 5) is 2.04. The predicted molar refractivity (Wildman–Crippen MR) is 67.8 cm³/mol. The number of hydrogen-bond donors (Lipinski definition) is 1. The van der Waals surface area contributed by atoms with E-state index in [1.54, 1.807) is 0 Å². The summed E-state index contributed by atoms with van der Waals surface area (Å²) in [6.07, 6.45) is -0.0479. The maximum Gasteiger partial charge on any atom is 0.185 e. The molecule has 0 unspecified atom stereocenters. The maximum absolute atomic E-state index is 10.3. The molecule has 102 valence electrons. The topological polar surface area (TPSA) is 41.9 Å². The molecule has 1 rings (SSSR count). The van der Waals surface area contributed by atoms with Crippen LogP contribution in [0.5, 0.6) is 0 Å².